The van der Waals surface area contributed by atoms with E-state index in [1.165, 1.54) is 6.20 Å². The molecule has 3 aromatic rings. The molecule has 0 radical (unpaired) electrons. The summed E-state index contributed by atoms with van der Waals surface area (Å²) in [4.78, 5) is 20.2. The summed E-state index contributed by atoms with van der Waals surface area (Å²) in [6.45, 7) is 7.35. The number of sulfone groups is 1. The first-order chi connectivity index (χ1) is 13.5. The normalized spacial score (nSPS) is 12.2. The number of hydrogen-bond acceptors (Lipinski definition) is 7. The lowest BCUT2D eigenvalue weighted by molar-refractivity contribution is 0.0636. The van der Waals surface area contributed by atoms with Gasteiger partial charge in [-0.3, -0.25) is 10.4 Å². The second-order valence-corrected chi connectivity index (χ2v) is 9.48. The first-order valence-electron chi connectivity index (χ1n) is 9.03. The number of ether oxygens (including phenoxy) is 1. The maximum absolute atomic E-state index is 12.2. The number of H-pyrrole nitrogens is 1. The first-order valence-corrected chi connectivity index (χ1v) is 10.9. The lowest BCUT2D eigenvalue weighted by Crippen LogP contribution is -2.27. The first kappa shape index (κ1) is 20.7. The maximum Gasteiger partial charge on any atom is 0.412 e. The number of nitrogens with zero attached hydrogens (tertiary/aromatic N) is 3. The summed E-state index contributed by atoms with van der Waals surface area (Å²) in [5, 5.41) is 10.2. The zero-order chi connectivity index (χ0) is 21.4. The monoisotopic (exact) mass is 417 g/mol. The van der Waals surface area contributed by atoms with E-state index in [1.54, 1.807) is 32.9 Å². The van der Waals surface area contributed by atoms with Crippen molar-refractivity contribution in [3.8, 4) is 11.3 Å². The zero-order valence-corrected chi connectivity index (χ0v) is 17.7. The van der Waals surface area contributed by atoms with E-state index >= 15 is 0 Å². The summed E-state index contributed by atoms with van der Waals surface area (Å²) in [5.41, 5.74) is 2.54. The second kappa shape index (κ2) is 7.43. The van der Waals surface area contributed by atoms with Gasteiger partial charge >= 0.3 is 6.09 Å². The van der Waals surface area contributed by atoms with Crippen LogP contribution < -0.4 is 5.32 Å². The number of rotatable bonds is 4. The highest BCUT2D eigenvalue weighted by Crippen LogP contribution is 2.32. The Hall–Kier alpha value is -3.01. The summed E-state index contributed by atoms with van der Waals surface area (Å²) in [6.07, 6.45) is 2.56. The molecule has 2 aromatic heterocycles. The fraction of sp³-hybridized carbons (Fsp3) is 0.368. The van der Waals surface area contributed by atoms with Crippen molar-refractivity contribution in [3.63, 3.8) is 0 Å². The summed E-state index contributed by atoms with van der Waals surface area (Å²) >= 11 is 0. The van der Waals surface area contributed by atoms with Crippen LogP contribution in [-0.2, 0) is 21.0 Å². The number of nitrogens with one attached hydrogen (secondary N) is 2. The van der Waals surface area contributed by atoms with E-state index < -0.39 is 21.5 Å². The highest BCUT2D eigenvalue weighted by Gasteiger charge is 2.20. The molecule has 0 aliphatic carbocycles. The Balaban J connectivity index is 2.04. The van der Waals surface area contributed by atoms with Gasteiger partial charge in [-0.25, -0.2) is 18.2 Å². The molecule has 0 aliphatic heterocycles. The quantitative estimate of drug-likeness (QED) is 0.623. The smallest absolute Gasteiger partial charge is 0.412 e. The molecule has 0 unspecified atom stereocenters. The Labute approximate surface area is 168 Å². The van der Waals surface area contributed by atoms with Crippen LogP contribution in [0.25, 0.3) is 22.3 Å². The number of hydrogen-bond donors (Lipinski definition) is 2. The molecular formula is C19H23N5O4S. The molecule has 0 atom stereocenters. The molecule has 0 aliphatic rings. The van der Waals surface area contributed by atoms with Gasteiger partial charge in [-0.15, -0.1) is 0 Å². The molecule has 2 heterocycles. The fourth-order valence-corrected chi connectivity index (χ4v) is 3.40. The number of carbonyl (C=O) groups is 1. The van der Waals surface area contributed by atoms with Crippen molar-refractivity contribution in [3.05, 3.63) is 30.0 Å². The predicted molar refractivity (Wildman–Crippen MR) is 109 cm³/mol. The lowest BCUT2D eigenvalue weighted by atomic mass is 9.99. The number of benzene rings is 1. The van der Waals surface area contributed by atoms with Crippen molar-refractivity contribution in [1.29, 1.82) is 0 Å². The van der Waals surface area contributed by atoms with Crippen LogP contribution in [0.5, 0.6) is 0 Å². The minimum atomic E-state index is -3.53. The van der Waals surface area contributed by atoms with Gasteiger partial charge in [0.25, 0.3) is 0 Å². The molecule has 0 saturated carbocycles. The van der Waals surface area contributed by atoms with Crippen LogP contribution in [0.3, 0.4) is 0 Å². The largest absolute Gasteiger partial charge is 0.444 e. The molecule has 0 saturated heterocycles. The van der Waals surface area contributed by atoms with E-state index in [0.717, 1.165) is 17.4 Å². The Morgan fingerprint density at radius 2 is 2.00 bits per heavy atom. The van der Waals surface area contributed by atoms with Gasteiger partial charge in [-0.2, -0.15) is 10.1 Å². The van der Waals surface area contributed by atoms with Crippen molar-refractivity contribution < 1.29 is 17.9 Å². The minimum absolute atomic E-state index is 0.267. The van der Waals surface area contributed by atoms with Gasteiger partial charge in [0.05, 0.1) is 5.39 Å². The highest BCUT2D eigenvalue weighted by atomic mass is 32.2. The molecule has 3 rings (SSSR count). The topological polar surface area (TPSA) is 127 Å². The standard InChI is InChI=1S/C19H23N5O4S/c1-6-11-12(8-7-9-14(11)21-18(25)28-19(2,3)4)15-13-10-20-17(29(5,26)27)22-16(13)24-23-15/h7-10H,6H2,1-5H3,(H,21,25)(H,20,22,23,24). The summed E-state index contributed by atoms with van der Waals surface area (Å²) < 4.78 is 28.7. The maximum atomic E-state index is 12.2. The average Bonchev–Trinajstić information content (AvgIpc) is 3.02. The van der Waals surface area contributed by atoms with E-state index in [-0.39, 0.29) is 5.16 Å². The van der Waals surface area contributed by atoms with Crippen LogP contribution in [0.15, 0.2) is 29.6 Å². The third-order valence-corrected chi connectivity index (χ3v) is 4.91. The number of aromatic amines is 1. The number of aromatic nitrogens is 4. The molecule has 0 fully saturated rings. The summed E-state index contributed by atoms with van der Waals surface area (Å²) in [5.74, 6) is 0. The van der Waals surface area contributed by atoms with E-state index in [2.05, 4.69) is 25.5 Å². The van der Waals surface area contributed by atoms with Gasteiger partial charge in [0.1, 0.15) is 11.3 Å². The highest BCUT2D eigenvalue weighted by molar-refractivity contribution is 7.90. The SMILES string of the molecule is CCc1c(NC(=O)OC(C)(C)C)cccc1-c1n[nH]c2nc(S(C)(=O)=O)ncc12. The molecular weight excluding hydrogens is 394 g/mol. The predicted octanol–water partition coefficient (Wildman–Crippen LogP) is 3.33. The summed E-state index contributed by atoms with van der Waals surface area (Å²) in [7, 11) is -3.53. The van der Waals surface area contributed by atoms with Gasteiger partial charge in [-0.05, 0) is 38.8 Å². The lowest BCUT2D eigenvalue weighted by Gasteiger charge is -2.21. The molecule has 154 valence electrons. The van der Waals surface area contributed by atoms with Gasteiger partial charge in [0.2, 0.25) is 15.0 Å². The molecule has 29 heavy (non-hydrogen) atoms. The van der Waals surface area contributed by atoms with Crippen molar-refractivity contribution in [1.82, 2.24) is 20.2 Å². The molecule has 9 nitrogen and oxygen atoms in total. The fourth-order valence-electron chi connectivity index (χ4n) is 2.90. The summed E-state index contributed by atoms with van der Waals surface area (Å²) in [6, 6.07) is 5.46. The van der Waals surface area contributed by atoms with Crippen molar-refractivity contribution >= 4 is 32.7 Å². The number of amides is 1. The number of carbonyl (C=O) groups excluding carboxylic acids is 1. The van der Waals surface area contributed by atoms with Crippen molar-refractivity contribution in [2.24, 2.45) is 0 Å². The zero-order valence-electron chi connectivity index (χ0n) is 16.9. The molecule has 10 heteroatoms. The Morgan fingerprint density at radius 3 is 2.62 bits per heavy atom. The Morgan fingerprint density at radius 1 is 1.28 bits per heavy atom. The van der Waals surface area contributed by atoms with Crippen LogP contribution in [0, 0.1) is 0 Å². The van der Waals surface area contributed by atoms with Gasteiger partial charge in [0.15, 0.2) is 5.65 Å². The van der Waals surface area contributed by atoms with Crippen LogP contribution >= 0.6 is 0 Å². The van der Waals surface area contributed by atoms with Gasteiger partial charge in [-0.1, -0.05) is 19.1 Å². The van der Waals surface area contributed by atoms with Crippen molar-refractivity contribution in [2.75, 3.05) is 11.6 Å². The van der Waals surface area contributed by atoms with Crippen LogP contribution in [0.1, 0.15) is 33.3 Å². The minimum Gasteiger partial charge on any atom is -0.444 e. The van der Waals surface area contributed by atoms with E-state index in [9.17, 15) is 13.2 Å². The van der Waals surface area contributed by atoms with E-state index in [1.807, 2.05) is 13.0 Å². The molecule has 1 aromatic carbocycles. The van der Waals surface area contributed by atoms with Gasteiger partial charge in [0, 0.05) is 23.7 Å². The van der Waals surface area contributed by atoms with Crippen LogP contribution in [-0.4, -0.2) is 46.5 Å². The molecule has 1 amide bonds. The van der Waals surface area contributed by atoms with E-state index in [4.69, 9.17) is 4.74 Å². The Kier molecular flexibility index (Phi) is 5.31. The molecule has 0 bridgehead atoms. The average molecular weight is 417 g/mol. The van der Waals surface area contributed by atoms with Crippen LogP contribution in [0.4, 0.5) is 10.5 Å². The van der Waals surface area contributed by atoms with Gasteiger partial charge < -0.3 is 4.74 Å². The molecule has 2 N–H and O–H groups in total. The number of anilines is 1. The van der Waals surface area contributed by atoms with E-state index in [0.29, 0.717) is 28.8 Å². The third kappa shape index (κ3) is 4.53. The number of fused-ring (bicyclic) bond motifs is 1. The van der Waals surface area contributed by atoms with Crippen LogP contribution in [0.2, 0.25) is 0 Å². The second-order valence-electron chi connectivity index (χ2n) is 7.57. The van der Waals surface area contributed by atoms with Crippen molar-refractivity contribution in [2.45, 2.75) is 44.9 Å². The Bertz CT molecular complexity index is 1180. The third-order valence-electron chi connectivity index (χ3n) is 4.05. The molecule has 0 spiro atoms.